The van der Waals surface area contributed by atoms with Gasteiger partial charge in [-0.3, -0.25) is 4.79 Å². The molecule has 110 valence electrons. The van der Waals surface area contributed by atoms with E-state index >= 15 is 0 Å². The van der Waals surface area contributed by atoms with Crippen LogP contribution in [0.25, 0.3) is 0 Å². The van der Waals surface area contributed by atoms with Gasteiger partial charge in [0.15, 0.2) is 0 Å². The maximum absolute atomic E-state index is 10.9. The maximum atomic E-state index is 10.9. The summed E-state index contributed by atoms with van der Waals surface area (Å²) in [6.45, 7) is 3.04. The van der Waals surface area contributed by atoms with Crippen LogP contribution in [0.2, 0.25) is 0 Å². The van der Waals surface area contributed by atoms with Crippen LogP contribution in [0.3, 0.4) is 0 Å². The fourth-order valence-corrected chi connectivity index (χ4v) is 3.70. The fraction of sp³-hybridized carbons (Fsp3) is 0.929. The third-order valence-corrected chi connectivity index (χ3v) is 4.82. The van der Waals surface area contributed by atoms with Crippen LogP contribution < -0.4 is 11.1 Å². The smallest absolute Gasteiger partial charge is 0.247 e. The quantitative estimate of drug-likeness (QED) is 0.658. The van der Waals surface area contributed by atoms with Crippen molar-refractivity contribution in [2.24, 2.45) is 11.1 Å². The minimum absolute atomic E-state index is 0.214. The standard InChI is InChI=1S/C14H26N2O3/c1-2-19-12-8-11(16-9-10(17)13(15)18)14(12)6-4-3-5-7-14/h10-12,16-17H,2-9H2,1H3,(H2,15,18). The summed E-state index contributed by atoms with van der Waals surface area (Å²) in [5.41, 5.74) is 5.29. The van der Waals surface area contributed by atoms with Crippen molar-refractivity contribution in [2.45, 2.75) is 63.7 Å². The summed E-state index contributed by atoms with van der Waals surface area (Å²) in [6.07, 6.45) is 6.38. The van der Waals surface area contributed by atoms with Crippen LogP contribution in [0.15, 0.2) is 0 Å². The number of rotatable bonds is 6. The second kappa shape index (κ2) is 6.20. The molecule has 5 nitrogen and oxygen atoms in total. The number of carbonyl (C=O) groups is 1. The lowest BCUT2D eigenvalue weighted by Crippen LogP contribution is -2.65. The van der Waals surface area contributed by atoms with E-state index < -0.39 is 12.0 Å². The molecule has 0 aromatic carbocycles. The third-order valence-electron chi connectivity index (χ3n) is 4.82. The number of aliphatic hydroxyl groups excluding tert-OH is 1. The molecular weight excluding hydrogens is 244 g/mol. The Hall–Kier alpha value is -0.650. The molecule has 1 amide bonds. The van der Waals surface area contributed by atoms with Gasteiger partial charge in [-0.1, -0.05) is 19.3 Å². The molecule has 0 aromatic heterocycles. The Morgan fingerprint density at radius 2 is 2.16 bits per heavy atom. The number of ether oxygens (including phenoxy) is 1. The number of aliphatic hydroxyl groups is 1. The normalized spacial score (nSPS) is 30.8. The molecule has 0 saturated heterocycles. The number of primary amides is 1. The second-order valence-corrected chi connectivity index (χ2v) is 5.85. The first-order chi connectivity index (χ1) is 9.10. The number of hydrogen-bond donors (Lipinski definition) is 3. The molecule has 5 heteroatoms. The number of amides is 1. The largest absolute Gasteiger partial charge is 0.382 e. The van der Waals surface area contributed by atoms with Crippen LogP contribution in [-0.4, -0.2) is 42.4 Å². The molecule has 1 spiro atoms. The van der Waals surface area contributed by atoms with E-state index in [4.69, 9.17) is 10.5 Å². The fourth-order valence-electron chi connectivity index (χ4n) is 3.70. The van der Waals surface area contributed by atoms with E-state index in [0.717, 1.165) is 13.0 Å². The lowest BCUT2D eigenvalue weighted by Gasteiger charge is -2.58. The van der Waals surface area contributed by atoms with Gasteiger partial charge in [0, 0.05) is 24.6 Å². The maximum Gasteiger partial charge on any atom is 0.247 e. The van der Waals surface area contributed by atoms with E-state index in [9.17, 15) is 9.90 Å². The van der Waals surface area contributed by atoms with E-state index in [2.05, 4.69) is 5.32 Å². The van der Waals surface area contributed by atoms with Crippen molar-refractivity contribution >= 4 is 5.91 Å². The number of nitrogens with two attached hydrogens (primary N) is 1. The van der Waals surface area contributed by atoms with Crippen molar-refractivity contribution in [1.29, 1.82) is 0 Å². The zero-order valence-electron chi connectivity index (χ0n) is 11.7. The van der Waals surface area contributed by atoms with Gasteiger partial charge in [-0.05, 0) is 26.2 Å². The molecule has 0 aliphatic heterocycles. The number of carbonyl (C=O) groups excluding carboxylic acids is 1. The summed E-state index contributed by atoms with van der Waals surface area (Å²) in [5, 5.41) is 12.8. The molecule has 0 heterocycles. The van der Waals surface area contributed by atoms with Gasteiger partial charge in [0.05, 0.1) is 6.10 Å². The summed E-state index contributed by atoms with van der Waals surface area (Å²) < 4.78 is 5.86. The highest BCUT2D eigenvalue weighted by atomic mass is 16.5. The van der Waals surface area contributed by atoms with Crippen LogP contribution in [0.5, 0.6) is 0 Å². The highest BCUT2D eigenvalue weighted by Crippen LogP contribution is 2.53. The van der Waals surface area contributed by atoms with Gasteiger partial charge < -0.3 is 20.9 Å². The predicted octanol–water partition coefficient (Wildman–Crippen LogP) is 0.550. The van der Waals surface area contributed by atoms with Gasteiger partial charge >= 0.3 is 0 Å². The lowest BCUT2D eigenvalue weighted by molar-refractivity contribution is -0.151. The van der Waals surface area contributed by atoms with Crippen molar-refractivity contribution in [3.63, 3.8) is 0 Å². The Morgan fingerprint density at radius 3 is 2.74 bits per heavy atom. The molecule has 2 saturated carbocycles. The average Bonchev–Trinajstić information content (AvgIpc) is 2.42. The molecule has 2 fully saturated rings. The van der Waals surface area contributed by atoms with Gasteiger partial charge in [-0.2, -0.15) is 0 Å². The van der Waals surface area contributed by atoms with Crippen LogP contribution >= 0.6 is 0 Å². The molecular formula is C14H26N2O3. The Balaban J connectivity index is 1.91. The first-order valence-corrected chi connectivity index (χ1v) is 7.42. The zero-order valence-corrected chi connectivity index (χ0v) is 11.7. The molecule has 4 N–H and O–H groups in total. The molecule has 0 bridgehead atoms. The van der Waals surface area contributed by atoms with Gasteiger partial charge in [0.1, 0.15) is 6.10 Å². The lowest BCUT2D eigenvalue weighted by atomic mass is 9.55. The average molecular weight is 270 g/mol. The number of hydrogen-bond acceptors (Lipinski definition) is 4. The number of nitrogens with one attached hydrogen (secondary N) is 1. The summed E-state index contributed by atoms with van der Waals surface area (Å²) in [4.78, 5) is 10.9. The van der Waals surface area contributed by atoms with Gasteiger partial charge in [-0.25, -0.2) is 0 Å². The van der Waals surface area contributed by atoms with Crippen molar-refractivity contribution in [3.05, 3.63) is 0 Å². The van der Waals surface area contributed by atoms with E-state index in [-0.39, 0.29) is 12.0 Å². The molecule has 19 heavy (non-hydrogen) atoms. The van der Waals surface area contributed by atoms with Crippen molar-refractivity contribution in [1.82, 2.24) is 5.32 Å². The van der Waals surface area contributed by atoms with Crippen LogP contribution in [0, 0.1) is 5.41 Å². The molecule has 0 aromatic rings. The summed E-state index contributed by atoms with van der Waals surface area (Å²) in [7, 11) is 0. The van der Waals surface area contributed by atoms with Crippen LogP contribution in [0.1, 0.15) is 45.4 Å². The third kappa shape index (κ3) is 2.93. The Labute approximate surface area is 114 Å². The molecule has 2 rings (SSSR count). The molecule has 2 aliphatic rings. The highest BCUT2D eigenvalue weighted by Gasteiger charge is 2.55. The summed E-state index contributed by atoms with van der Waals surface area (Å²) in [6, 6.07) is 0.346. The van der Waals surface area contributed by atoms with E-state index in [1.54, 1.807) is 0 Å². The Morgan fingerprint density at radius 1 is 1.47 bits per heavy atom. The first kappa shape index (κ1) is 14.8. The predicted molar refractivity (Wildman–Crippen MR) is 72.5 cm³/mol. The van der Waals surface area contributed by atoms with E-state index in [1.165, 1.54) is 32.1 Å². The topological polar surface area (TPSA) is 84.6 Å². The van der Waals surface area contributed by atoms with Crippen molar-refractivity contribution in [3.8, 4) is 0 Å². The molecule has 2 aliphatic carbocycles. The van der Waals surface area contributed by atoms with Crippen LogP contribution in [0.4, 0.5) is 0 Å². The summed E-state index contributed by atoms with van der Waals surface area (Å²) in [5.74, 6) is -0.661. The SMILES string of the molecule is CCOC1CC(NCC(O)C(N)=O)C12CCCCC2. The van der Waals surface area contributed by atoms with Gasteiger partial charge in [0.2, 0.25) is 5.91 Å². The van der Waals surface area contributed by atoms with Gasteiger partial charge in [0.25, 0.3) is 0 Å². The van der Waals surface area contributed by atoms with Crippen molar-refractivity contribution in [2.75, 3.05) is 13.2 Å². The zero-order chi connectivity index (χ0) is 13.9. The second-order valence-electron chi connectivity index (χ2n) is 5.85. The summed E-state index contributed by atoms with van der Waals surface area (Å²) >= 11 is 0. The van der Waals surface area contributed by atoms with E-state index in [0.29, 0.717) is 12.1 Å². The minimum Gasteiger partial charge on any atom is -0.382 e. The molecule has 0 radical (unpaired) electrons. The van der Waals surface area contributed by atoms with Crippen molar-refractivity contribution < 1.29 is 14.6 Å². The molecule has 3 atom stereocenters. The highest BCUT2D eigenvalue weighted by molar-refractivity contribution is 5.78. The Kier molecular flexibility index (Phi) is 4.81. The van der Waals surface area contributed by atoms with Crippen LogP contribution in [-0.2, 0) is 9.53 Å². The first-order valence-electron chi connectivity index (χ1n) is 7.42. The monoisotopic (exact) mass is 270 g/mol. The van der Waals surface area contributed by atoms with E-state index in [1.807, 2.05) is 6.92 Å². The van der Waals surface area contributed by atoms with Gasteiger partial charge in [-0.15, -0.1) is 0 Å². The molecule has 3 unspecified atom stereocenters. The Bertz CT molecular complexity index is 316. The minimum atomic E-state index is -1.09.